The van der Waals surface area contributed by atoms with Gasteiger partial charge in [0.15, 0.2) is 0 Å². The van der Waals surface area contributed by atoms with Crippen molar-refractivity contribution in [3.05, 3.63) is 42.4 Å². The van der Waals surface area contributed by atoms with E-state index in [0.29, 0.717) is 6.04 Å². The number of imidazole rings is 1. The molecule has 3 atom stereocenters. The van der Waals surface area contributed by atoms with Crippen LogP contribution in [-0.4, -0.2) is 33.2 Å². The second-order valence-electron chi connectivity index (χ2n) is 6.15. The minimum atomic E-state index is 0.530. The molecule has 2 aromatic rings. The first-order chi connectivity index (χ1) is 9.88. The Morgan fingerprint density at radius 2 is 2.00 bits per heavy atom. The molecule has 0 radical (unpaired) electrons. The number of piperidine rings is 1. The first kappa shape index (κ1) is 11.4. The van der Waals surface area contributed by atoms with Gasteiger partial charge in [-0.2, -0.15) is 0 Å². The summed E-state index contributed by atoms with van der Waals surface area (Å²) < 4.78 is 4.93. The fourth-order valence-corrected chi connectivity index (χ4v) is 5.06. The summed E-state index contributed by atoms with van der Waals surface area (Å²) in [5.41, 5.74) is 4.21. The van der Waals surface area contributed by atoms with Gasteiger partial charge in [-0.05, 0) is 29.6 Å². The van der Waals surface area contributed by atoms with Crippen molar-refractivity contribution in [1.29, 1.82) is 0 Å². The van der Waals surface area contributed by atoms with E-state index in [2.05, 4.69) is 44.4 Å². The van der Waals surface area contributed by atoms with Crippen LogP contribution in [-0.2, 0) is 0 Å². The average molecular weight is 283 g/mol. The lowest BCUT2D eigenvalue weighted by Crippen LogP contribution is -2.20. The van der Waals surface area contributed by atoms with Gasteiger partial charge in [-0.15, -0.1) is 0 Å². The Bertz CT molecular complexity index is 668. The normalized spacial score (nSPS) is 33.9. The van der Waals surface area contributed by atoms with Crippen molar-refractivity contribution < 1.29 is 0 Å². The molecule has 1 saturated heterocycles. The van der Waals surface area contributed by atoms with E-state index in [0.717, 1.165) is 17.8 Å². The van der Waals surface area contributed by atoms with Crippen molar-refractivity contribution in [2.24, 2.45) is 17.8 Å². The largest absolute Gasteiger partial charge is 0.323 e. The zero-order valence-electron chi connectivity index (χ0n) is 11.4. The number of hydrogen-bond acceptors (Lipinski definition) is 3. The smallest absolute Gasteiger partial charge is 0.0956 e. The number of aromatic nitrogens is 2. The van der Waals surface area contributed by atoms with Crippen molar-refractivity contribution >= 4 is 11.9 Å². The lowest BCUT2D eigenvalue weighted by atomic mass is 9.98. The first-order valence-electron chi connectivity index (χ1n) is 7.28. The van der Waals surface area contributed by atoms with Gasteiger partial charge in [0.1, 0.15) is 0 Å². The average Bonchev–Trinajstić information content (AvgIpc) is 2.93. The van der Waals surface area contributed by atoms with E-state index in [1.54, 1.807) is 0 Å². The summed E-state index contributed by atoms with van der Waals surface area (Å²) in [6.07, 6.45) is 6.24. The monoisotopic (exact) mass is 283 g/mol. The standard InChI is InChI=1S/C16H17N3S/c1-20-18-7-12-13(8-18)15(12)16-11-5-3-2-4-10(11)14-6-17-9-19(14)16/h2-6,9,12-13,15-16H,7-8H2,1H3. The second kappa shape index (κ2) is 3.89. The maximum atomic E-state index is 4.38. The van der Waals surface area contributed by atoms with Crippen LogP contribution < -0.4 is 0 Å². The SMILES string of the molecule is CSN1CC2C(C1)C2C1c2ccccc2-c2cncn21. The lowest BCUT2D eigenvalue weighted by molar-refractivity contribution is 0.400. The summed E-state index contributed by atoms with van der Waals surface area (Å²) in [4.78, 5) is 4.38. The maximum Gasteiger partial charge on any atom is 0.0956 e. The number of benzene rings is 1. The Kier molecular flexibility index (Phi) is 2.22. The molecule has 2 aliphatic heterocycles. The molecule has 0 spiro atoms. The number of fused-ring (bicyclic) bond motifs is 4. The van der Waals surface area contributed by atoms with Gasteiger partial charge in [0.2, 0.25) is 0 Å². The zero-order valence-corrected chi connectivity index (χ0v) is 12.3. The maximum absolute atomic E-state index is 4.38. The van der Waals surface area contributed by atoms with Crippen LogP contribution in [0.25, 0.3) is 11.3 Å². The number of nitrogens with zero attached hydrogens (tertiary/aromatic N) is 3. The van der Waals surface area contributed by atoms with E-state index in [9.17, 15) is 0 Å². The van der Waals surface area contributed by atoms with Crippen LogP contribution in [0.15, 0.2) is 36.8 Å². The number of hydrogen-bond donors (Lipinski definition) is 0. The van der Waals surface area contributed by atoms with E-state index in [1.165, 1.54) is 29.9 Å². The molecule has 3 nitrogen and oxygen atoms in total. The van der Waals surface area contributed by atoms with Gasteiger partial charge in [0.25, 0.3) is 0 Å². The molecule has 3 unspecified atom stereocenters. The molecule has 1 aromatic heterocycles. The van der Waals surface area contributed by atoms with Crippen LogP contribution in [0, 0.1) is 17.8 Å². The fourth-order valence-electron chi connectivity index (χ4n) is 4.42. The minimum Gasteiger partial charge on any atom is -0.323 e. The summed E-state index contributed by atoms with van der Waals surface area (Å²) in [5.74, 6) is 2.58. The molecule has 0 bridgehead atoms. The summed E-state index contributed by atoms with van der Waals surface area (Å²) in [6, 6.07) is 9.41. The Morgan fingerprint density at radius 3 is 2.80 bits per heavy atom. The zero-order chi connectivity index (χ0) is 13.3. The third-order valence-corrected chi connectivity index (χ3v) is 6.19. The Hall–Kier alpha value is -1.26. The van der Waals surface area contributed by atoms with Crippen LogP contribution >= 0.6 is 11.9 Å². The first-order valence-corrected chi connectivity index (χ1v) is 8.47. The molecule has 20 heavy (non-hydrogen) atoms. The Balaban J connectivity index is 1.54. The molecule has 1 aliphatic carbocycles. The van der Waals surface area contributed by atoms with E-state index in [-0.39, 0.29) is 0 Å². The molecule has 0 N–H and O–H groups in total. The topological polar surface area (TPSA) is 21.1 Å². The van der Waals surface area contributed by atoms with Gasteiger partial charge in [0.05, 0.1) is 24.3 Å². The molecule has 102 valence electrons. The number of rotatable bonds is 2. The minimum absolute atomic E-state index is 0.530. The quantitative estimate of drug-likeness (QED) is 0.791. The molecule has 1 saturated carbocycles. The molecule has 4 heteroatoms. The predicted molar refractivity (Wildman–Crippen MR) is 81.4 cm³/mol. The highest BCUT2D eigenvalue weighted by Crippen LogP contribution is 2.62. The van der Waals surface area contributed by atoms with Crippen LogP contribution in [0.4, 0.5) is 0 Å². The van der Waals surface area contributed by atoms with Crippen molar-refractivity contribution in [3.8, 4) is 11.3 Å². The van der Waals surface area contributed by atoms with E-state index in [1.807, 2.05) is 24.5 Å². The third-order valence-electron chi connectivity index (χ3n) is 5.37. The fraction of sp³-hybridized carbons (Fsp3) is 0.438. The summed E-state index contributed by atoms with van der Waals surface area (Å²) in [5, 5.41) is 0. The Labute approximate surface area is 123 Å². The van der Waals surface area contributed by atoms with Crippen LogP contribution in [0.3, 0.4) is 0 Å². The van der Waals surface area contributed by atoms with Gasteiger partial charge in [-0.3, -0.25) is 4.31 Å². The Morgan fingerprint density at radius 1 is 1.20 bits per heavy atom. The van der Waals surface area contributed by atoms with Crippen molar-refractivity contribution in [2.45, 2.75) is 6.04 Å². The molecular formula is C16H17N3S. The van der Waals surface area contributed by atoms with Gasteiger partial charge >= 0.3 is 0 Å². The van der Waals surface area contributed by atoms with E-state index < -0.39 is 0 Å². The lowest BCUT2D eigenvalue weighted by Gasteiger charge is -2.21. The highest BCUT2D eigenvalue weighted by atomic mass is 32.2. The molecule has 5 rings (SSSR count). The van der Waals surface area contributed by atoms with Gasteiger partial charge in [-0.1, -0.05) is 36.2 Å². The summed E-state index contributed by atoms with van der Waals surface area (Å²) in [7, 11) is 0. The molecule has 3 heterocycles. The molecule has 3 aliphatic rings. The summed E-state index contributed by atoms with van der Waals surface area (Å²) in [6.45, 7) is 2.53. The van der Waals surface area contributed by atoms with E-state index >= 15 is 0 Å². The molecule has 0 amide bonds. The molecule has 1 aromatic carbocycles. The summed E-state index contributed by atoms with van der Waals surface area (Å²) >= 11 is 1.90. The molecular weight excluding hydrogens is 266 g/mol. The second-order valence-corrected chi connectivity index (χ2v) is 7.03. The van der Waals surface area contributed by atoms with Crippen LogP contribution in [0.5, 0.6) is 0 Å². The van der Waals surface area contributed by atoms with Crippen molar-refractivity contribution in [3.63, 3.8) is 0 Å². The van der Waals surface area contributed by atoms with E-state index in [4.69, 9.17) is 0 Å². The van der Waals surface area contributed by atoms with Gasteiger partial charge < -0.3 is 4.57 Å². The van der Waals surface area contributed by atoms with Crippen LogP contribution in [0.2, 0.25) is 0 Å². The highest BCUT2D eigenvalue weighted by Gasteiger charge is 2.60. The molecule has 2 fully saturated rings. The third kappa shape index (κ3) is 1.33. The van der Waals surface area contributed by atoms with Crippen molar-refractivity contribution in [2.75, 3.05) is 19.3 Å². The van der Waals surface area contributed by atoms with Crippen LogP contribution in [0.1, 0.15) is 11.6 Å². The highest BCUT2D eigenvalue weighted by molar-refractivity contribution is 7.96. The van der Waals surface area contributed by atoms with Crippen molar-refractivity contribution in [1.82, 2.24) is 13.9 Å². The predicted octanol–water partition coefficient (Wildman–Crippen LogP) is 2.91. The van der Waals surface area contributed by atoms with Gasteiger partial charge in [-0.25, -0.2) is 4.98 Å². The van der Waals surface area contributed by atoms with Gasteiger partial charge in [0, 0.05) is 18.7 Å².